The molecule has 0 radical (unpaired) electrons. The van der Waals surface area contributed by atoms with Gasteiger partial charge >= 0.3 is 0 Å². The van der Waals surface area contributed by atoms with Gasteiger partial charge < -0.3 is 14.5 Å². The highest BCUT2D eigenvalue weighted by atomic mass is 15.1. The van der Waals surface area contributed by atoms with Gasteiger partial charge in [-0.2, -0.15) is 0 Å². The number of nitrogens with zero attached hydrogens (tertiary/aromatic N) is 4. The molecule has 0 amide bonds. The Morgan fingerprint density at radius 2 is 1.32 bits per heavy atom. The lowest BCUT2D eigenvalue weighted by Gasteiger charge is -2.12. The molecule has 0 aliphatic heterocycles. The van der Waals surface area contributed by atoms with E-state index in [1.54, 1.807) is 0 Å². The number of aromatic nitrogens is 4. The van der Waals surface area contributed by atoms with Crippen LogP contribution >= 0.6 is 0 Å². The molecule has 0 saturated heterocycles. The zero-order valence-electron chi connectivity index (χ0n) is 21.4. The highest BCUT2D eigenvalue weighted by molar-refractivity contribution is 6.11. The Hall–Kier alpha value is -4.64. The molecular formula is C33H29N5. The normalized spacial score (nSPS) is 11.7. The number of aryl methyl sites for hydroxylation is 3. The average Bonchev–Trinajstić information content (AvgIpc) is 3.46. The van der Waals surface area contributed by atoms with Crippen molar-refractivity contribution in [3.8, 4) is 0 Å². The van der Waals surface area contributed by atoms with E-state index in [1.165, 1.54) is 43.7 Å². The standard InChI is InChI=1S/C33H29N5/c1-37-29-15-7-5-13-24(29)27-18-20-35-33(32(27)37)36-22-28-31-26(17-19-34-28)25-14-6-8-16-30(25)38(31)21-9-12-23-10-3-2-4-11-23/h2-8,10-11,13-20H,9,12,21-22H2,1H3,(H,35,36). The maximum Gasteiger partial charge on any atom is 0.150 e. The fourth-order valence-electron chi connectivity index (χ4n) is 5.94. The third kappa shape index (κ3) is 3.70. The van der Waals surface area contributed by atoms with Gasteiger partial charge in [0, 0.05) is 58.6 Å². The molecule has 0 aliphatic rings. The minimum atomic E-state index is 0.597. The van der Waals surface area contributed by atoms with E-state index in [-0.39, 0.29) is 0 Å². The number of pyridine rings is 2. The minimum absolute atomic E-state index is 0.597. The van der Waals surface area contributed by atoms with Gasteiger partial charge in [-0.15, -0.1) is 0 Å². The van der Waals surface area contributed by atoms with Crippen LogP contribution in [0.5, 0.6) is 0 Å². The summed E-state index contributed by atoms with van der Waals surface area (Å²) in [6, 6.07) is 32.2. The zero-order chi connectivity index (χ0) is 25.5. The summed E-state index contributed by atoms with van der Waals surface area (Å²) in [5, 5.41) is 8.63. The first-order valence-electron chi connectivity index (χ1n) is 13.2. The fourth-order valence-corrected chi connectivity index (χ4v) is 5.94. The van der Waals surface area contributed by atoms with E-state index in [4.69, 9.17) is 9.97 Å². The Morgan fingerprint density at radius 3 is 2.13 bits per heavy atom. The van der Waals surface area contributed by atoms with Gasteiger partial charge in [0.15, 0.2) is 5.82 Å². The van der Waals surface area contributed by atoms with Gasteiger partial charge in [0.1, 0.15) is 0 Å². The van der Waals surface area contributed by atoms with Crippen LogP contribution < -0.4 is 5.32 Å². The summed E-state index contributed by atoms with van der Waals surface area (Å²) < 4.78 is 4.69. The van der Waals surface area contributed by atoms with Crippen molar-refractivity contribution in [1.29, 1.82) is 0 Å². The number of anilines is 1. The first kappa shape index (κ1) is 22.5. The summed E-state index contributed by atoms with van der Waals surface area (Å²) in [5.74, 6) is 0.881. The van der Waals surface area contributed by atoms with E-state index < -0.39 is 0 Å². The molecule has 0 unspecified atom stereocenters. The van der Waals surface area contributed by atoms with Crippen molar-refractivity contribution in [1.82, 2.24) is 19.1 Å². The van der Waals surface area contributed by atoms with Crippen LogP contribution in [0.15, 0.2) is 103 Å². The Labute approximate surface area is 221 Å². The summed E-state index contributed by atoms with van der Waals surface area (Å²) >= 11 is 0. The maximum absolute atomic E-state index is 4.87. The average molecular weight is 496 g/mol. The van der Waals surface area contributed by atoms with Crippen LogP contribution in [-0.4, -0.2) is 19.1 Å². The molecular weight excluding hydrogens is 466 g/mol. The van der Waals surface area contributed by atoms with Crippen molar-refractivity contribution in [3.05, 3.63) is 115 Å². The number of nitrogens with one attached hydrogen (secondary N) is 1. The van der Waals surface area contributed by atoms with Crippen LogP contribution in [0.2, 0.25) is 0 Å². The zero-order valence-corrected chi connectivity index (χ0v) is 21.4. The molecule has 0 spiro atoms. The molecule has 0 bridgehead atoms. The fraction of sp³-hybridized carbons (Fsp3) is 0.152. The van der Waals surface area contributed by atoms with Gasteiger partial charge in [-0.05, 0) is 42.7 Å². The molecule has 4 aromatic heterocycles. The summed E-state index contributed by atoms with van der Waals surface area (Å²) in [7, 11) is 2.11. The number of hydrogen-bond donors (Lipinski definition) is 1. The Bertz CT molecular complexity index is 1910. The smallest absolute Gasteiger partial charge is 0.150 e. The van der Waals surface area contributed by atoms with Crippen molar-refractivity contribution >= 4 is 49.4 Å². The lowest BCUT2D eigenvalue weighted by atomic mass is 10.1. The number of hydrogen-bond acceptors (Lipinski definition) is 3. The molecule has 5 nitrogen and oxygen atoms in total. The molecule has 4 heterocycles. The Morgan fingerprint density at radius 1 is 0.658 bits per heavy atom. The van der Waals surface area contributed by atoms with Crippen molar-refractivity contribution in [3.63, 3.8) is 0 Å². The van der Waals surface area contributed by atoms with Gasteiger partial charge in [0.25, 0.3) is 0 Å². The second-order valence-corrected chi connectivity index (χ2v) is 9.90. The molecule has 7 aromatic rings. The quantitative estimate of drug-likeness (QED) is 0.249. The molecule has 0 saturated carbocycles. The summed E-state index contributed by atoms with van der Waals surface area (Å²) in [6.45, 7) is 1.54. The van der Waals surface area contributed by atoms with Crippen molar-refractivity contribution < 1.29 is 0 Å². The molecule has 38 heavy (non-hydrogen) atoms. The predicted molar refractivity (Wildman–Crippen MR) is 158 cm³/mol. The largest absolute Gasteiger partial charge is 0.363 e. The van der Waals surface area contributed by atoms with Gasteiger partial charge in [0.05, 0.1) is 23.3 Å². The van der Waals surface area contributed by atoms with E-state index in [2.05, 4.69) is 112 Å². The Balaban J connectivity index is 1.27. The maximum atomic E-state index is 4.87. The van der Waals surface area contributed by atoms with E-state index >= 15 is 0 Å². The van der Waals surface area contributed by atoms with Crippen LogP contribution in [0.4, 0.5) is 5.82 Å². The molecule has 3 aromatic carbocycles. The van der Waals surface area contributed by atoms with Crippen LogP contribution in [0.1, 0.15) is 17.7 Å². The highest BCUT2D eigenvalue weighted by Gasteiger charge is 2.16. The van der Waals surface area contributed by atoms with E-state index in [0.717, 1.165) is 36.4 Å². The van der Waals surface area contributed by atoms with E-state index in [0.29, 0.717) is 6.54 Å². The van der Waals surface area contributed by atoms with Gasteiger partial charge in [-0.1, -0.05) is 66.7 Å². The van der Waals surface area contributed by atoms with Gasteiger partial charge in [0.2, 0.25) is 0 Å². The van der Waals surface area contributed by atoms with Crippen LogP contribution in [0.25, 0.3) is 43.6 Å². The summed E-state index contributed by atoms with van der Waals surface area (Å²) in [5.41, 5.74) is 7.21. The van der Waals surface area contributed by atoms with Crippen LogP contribution in [-0.2, 0) is 26.6 Å². The van der Waals surface area contributed by atoms with Crippen molar-refractivity contribution in [2.24, 2.45) is 7.05 Å². The molecule has 0 fully saturated rings. The second kappa shape index (κ2) is 9.34. The first-order valence-corrected chi connectivity index (χ1v) is 13.2. The monoisotopic (exact) mass is 495 g/mol. The number of para-hydroxylation sites is 2. The second-order valence-electron chi connectivity index (χ2n) is 9.90. The third-order valence-electron chi connectivity index (χ3n) is 7.68. The molecule has 7 rings (SSSR count). The molecule has 186 valence electrons. The van der Waals surface area contributed by atoms with Gasteiger partial charge in [-0.25, -0.2) is 4.98 Å². The molecule has 0 aliphatic carbocycles. The lowest BCUT2D eigenvalue weighted by Crippen LogP contribution is -2.08. The van der Waals surface area contributed by atoms with Gasteiger partial charge in [-0.3, -0.25) is 4.98 Å². The third-order valence-corrected chi connectivity index (χ3v) is 7.68. The minimum Gasteiger partial charge on any atom is -0.363 e. The number of benzene rings is 3. The molecule has 1 N–H and O–H groups in total. The number of fused-ring (bicyclic) bond motifs is 6. The highest BCUT2D eigenvalue weighted by Crippen LogP contribution is 2.33. The lowest BCUT2D eigenvalue weighted by molar-refractivity contribution is 0.675. The Kier molecular flexibility index (Phi) is 5.54. The summed E-state index contributed by atoms with van der Waals surface area (Å²) in [4.78, 5) is 9.61. The molecule has 0 atom stereocenters. The van der Waals surface area contributed by atoms with Crippen molar-refractivity contribution in [2.75, 3.05) is 5.32 Å². The number of rotatable bonds is 7. The topological polar surface area (TPSA) is 47.7 Å². The van der Waals surface area contributed by atoms with E-state index in [1.807, 2.05) is 12.4 Å². The first-order chi connectivity index (χ1) is 18.8. The van der Waals surface area contributed by atoms with Crippen LogP contribution in [0.3, 0.4) is 0 Å². The SMILES string of the molecule is Cn1c2ccccc2c2ccnc(NCc3nccc4c5ccccc5n(CCCc5ccccc5)c34)c21. The predicted octanol–water partition coefficient (Wildman–Crippen LogP) is 7.47. The van der Waals surface area contributed by atoms with Crippen molar-refractivity contribution in [2.45, 2.75) is 25.9 Å². The van der Waals surface area contributed by atoms with E-state index in [9.17, 15) is 0 Å². The molecule has 5 heteroatoms. The summed E-state index contributed by atoms with van der Waals surface area (Å²) in [6.07, 6.45) is 5.95. The van der Waals surface area contributed by atoms with Crippen LogP contribution in [0, 0.1) is 0 Å².